The van der Waals surface area contributed by atoms with Crippen molar-refractivity contribution in [2.45, 2.75) is 69.0 Å². The van der Waals surface area contributed by atoms with Crippen LogP contribution in [0, 0.1) is 5.82 Å². The lowest BCUT2D eigenvalue weighted by Gasteiger charge is -2.34. The molecule has 0 aliphatic heterocycles. The highest BCUT2D eigenvalue weighted by atomic mass is 35.5. The van der Waals surface area contributed by atoms with Crippen LogP contribution < -0.4 is 9.62 Å². The molecule has 1 aliphatic rings. The summed E-state index contributed by atoms with van der Waals surface area (Å²) in [5.41, 5.74) is 0.756. The summed E-state index contributed by atoms with van der Waals surface area (Å²) < 4.78 is 42.3. The number of halogens is 2. The van der Waals surface area contributed by atoms with Gasteiger partial charge in [-0.15, -0.1) is 0 Å². The number of nitrogens with one attached hydrogen (secondary N) is 1. The molecule has 0 aromatic heterocycles. The summed E-state index contributed by atoms with van der Waals surface area (Å²) in [7, 11) is -4.22. The molecule has 0 bridgehead atoms. The van der Waals surface area contributed by atoms with Crippen LogP contribution >= 0.6 is 11.6 Å². The van der Waals surface area contributed by atoms with Crippen molar-refractivity contribution in [3.05, 3.63) is 95.3 Å². The van der Waals surface area contributed by atoms with Gasteiger partial charge in [-0.1, -0.05) is 74.2 Å². The Morgan fingerprint density at radius 2 is 1.59 bits per heavy atom. The second-order valence-electron chi connectivity index (χ2n) is 10.2. The van der Waals surface area contributed by atoms with E-state index in [9.17, 15) is 22.4 Å². The predicted octanol–water partition coefficient (Wildman–Crippen LogP) is 5.93. The minimum atomic E-state index is -4.22. The van der Waals surface area contributed by atoms with E-state index in [2.05, 4.69) is 5.32 Å². The van der Waals surface area contributed by atoms with E-state index in [0.29, 0.717) is 17.0 Å². The Kier molecular flexibility index (Phi) is 10.4. The molecule has 7 nitrogen and oxygen atoms in total. The van der Waals surface area contributed by atoms with Gasteiger partial charge in [0.05, 0.1) is 10.6 Å². The molecule has 1 saturated carbocycles. The predicted molar refractivity (Wildman–Crippen MR) is 158 cm³/mol. The number of sulfonamides is 1. The van der Waals surface area contributed by atoms with Crippen LogP contribution in [-0.4, -0.2) is 43.8 Å². The molecule has 218 valence electrons. The van der Waals surface area contributed by atoms with Crippen molar-refractivity contribution in [2.75, 3.05) is 10.8 Å². The molecule has 0 unspecified atom stereocenters. The molecule has 3 aromatic rings. The molecule has 1 fully saturated rings. The first-order chi connectivity index (χ1) is 19.7. The third-order valence-electron chi connectivity index (χ3n) is 7.36. The zero-order valence-corrected chi connectivity index (χ0v) is 24.6. The van der Waals surface area contributed by atoms with Crippen molar-refractivity contribution >= 4 is 39.1 Å². The van der Waals surface area contributed by atoms with Crippen molar-refractivity contribution < 1.29 is 22.4 Å². The van der Waals surface area contributed by atoms with Gasteiger partial charge in [-0.2, -0.15) is 0 Å². The molecule has 1 aliphatic carbocycles. The highest BCUT2D eigenvalue weighted by Crippen LogP contribution is 2.26. The van der Waals surface area contributed by atoms with E-state index in [1.165, 1.54) is 29.2 Å². The fraction of sp³-hybridized carbons (Fsp3) is 0.355. The summed E-state index contributed by atoms with van der Waals surface area (Å²) in [5.74, 6) is -1.40. The topological polar surface area (TPSA) is 86.8 Å². The van der Waals surface area contributed by atoms with E-state index in [-0.39, 0.29) is 29.1 Å². The molecule has 1 N–H and O–H groups in total. The minimum absolute atomic E-state index is 0.0116. The first-order valence-electron chi connectivity index (χ1n) is 13.9. The minimum Gasteiger partial charge on any atom is -0.352 e. The Labute approximate surface area is 246 Å². The number of rotatable bonds is 11. The number of benzene rings is 3. The highest BCUT2D eigenvalue weighted by molar-refractivity contribution is 7.92. The number of amides is 2. The summed E-state index contributed by atoms with van der Waals surface area (Å²) >= 11 is 6.44. The molecule has 10 heteroatoms. The fourth-order valence-corrected chi connectivity index (χ4v) is 6.76. The molecular weight excluding hydrogens is 565 g/mol. The van der Waals surface area contributed by atoms with Gasteiger partial charge >= 0.3 is 0 Å². The average molecular weight is 600 g/mol. The number of carbonyl (C=O) groups excluding carboxylic acids is 2. The molecule has 3 aromatic carbocycles. The van der Waals surface area contributed by atoms with Gasteiger partial charge in [0.25, 0.3) is 10.0 Å². The molecule has 1 atom stereocenters. The first kappa shape index (κ1) is 30.5. The lowest BCUT2D eigenvalue weighted by Crippen LogP contribution is -2.54. The van der Waals surface area contributed by atoms with Gasteiger partial charge < -0.3 is 10.2 Å². The normalized spacial score (nSPS) is 14.7. The van der Waals surface area contributed by atoms with Crippen molar-refractivity contribution in [3.63, 3.8) is 0 Å². The fourth-order valence-electron chi connectivity index (χ4n) is 5.13. The van der Waals surface area contributed by atoms with Crippen LogP contribution in [0.3, 0.4) is 0 Å². The van der Waals surface area contributed by atoms with Crippen LogP contribution in [0.1, 0.15) is 51.0 Å². The Morgan fingerprint density at radius 1 is 0.951 bits per heavy atom. The number of carbonyl (C=O) groups is 2. The van der Waals surface area contributed by atoms with Gasteiger partial charge in [0, 0.05) is 17.6 Å². The van der Waals surface area contributed by atoms with Gasteiger partial charge in [-0.25, -0.2) is 12.8 Å². The van der Waals surface area contributed by atoms with Gasteiger partial charge in [0.15, 0.2) is 0 Å². The lowest BCUT2D eigenvalue weighted by molar-refractivity contribution is -0.140. The lowest BCUT2D eigenvalue weighted by atomic mass is 9.95. The molecule has 0 heterocycles. The third-order valence-corrected chi connectivity index (χ3v) is 9.52. The SMILES string of the molecule is CC[C@H](C(=O)NC1CCCCC1)N(Cc1ccccc1Cl)C(=O)CN(c1ccc(F)cc1)S(=O)(=O)c1ccccc1. The summed E-state index contributed by atoms with van der Waals surface area (Å²) in [5, 5.41) is 3.54. The Hall–Kier alpha value is -3.43. The zero-order chi connectivity index (χ0) is 29.4. The largest absolute Gasteiger partial charge is 0.352 e. The summed E-state index contributed by atoms with van der Waals surface area (Å²) in [6.07, 6.45) is 5.29. The van der Waals surface area contributed by atoms with E-state index in [4.69, 9.17) is 11.6 Å². The van der Waals surface area contributed by atoms with E-state index >= 15 is 0 Å². The highest BCUT2D eigenvalue weighted by Gasteiger charge is 2.34. The van der Waals surface area contributed by atoms with Gasteiger partial charge in [-0.05, 0) is 67.3 Å². The number of nitrogens with zero attached hydrogens (tertiary/aromatic N) is 2. The van der Waals surface area contributed by atoms with Crippen LogP contribution in [0.5, 0.6) is 0 Å². The zero-order valence-electron chi connectivity index (χ0n) is 23.0. The van der Waals surface area contributed by atoms with Crippen LogP contribution in [0.15, 0.2) is 83.8 Å². The van der Waals surface area contributed by atoms with Crippen LogP contribution in [-0.2, 0) is 26.2 Å². The van der Waals surface area contributed by atoms with E-state index in [0.717, 1.165) is 48.5 Å². The maximum atomic E-state index is 14.1. The maximum absolute atomic E-state index is 14.1. The Morgan fingerprint density at radius 3 is 2.22 bits per heavy atom. The second kappa shape index (κ2) is 14.0. The molecule has 41 heavy (non-hydrogen) atoms. The van der Waals surface area contributed by atoms with Gasteiger partial charge in [0.2, 0.25) is 11.8 Å². The summed E-state index contributed by atoms with van der Waals surface area (Å²) in [6.45, 7) is 1.23. The quantitative estimate of drug-likeness (QED) is 0.296. The van der Waals surface area contributed by atoms with Crippen LogP contribution in [0.25, 0.3) is 0 Å². The van der Waals surface area contributed by atoms with Crippen molar-refractivity contribution in [1.82, 2.24) is 10.2 Å². The molecule has 2 amide bonds. The van der Waals surface area contributed by atoms with Crippen LogP contribution in [0.2, 0.25) is 5.02 Å². The van der Waals surface area contributed by atoms with E-state index in [1.54, 1.807) is 42.5 Å². The molecule has 0 radical (unpaired) electrons. The standard InChI is InChI=1S/C31H35ClFN3O4S/c1-2-29(31(38)34-25-12-5-3-6-13-25)35(21-23-11-9-10-16-28(23)32)30(37)22-36(26-19-17-24(33)18-20-26)41(39,40)27-14-7-4-8-15-27/h4,7-11,14-20,25,29H,2-3,5-6,12-13,21-22H2,1H3,(H,34,38)/t29-/m1/s1. The van der Waals surface area contributed by atoms with Crippen molar-refractivity contribution in [2.24, 2.45) is 0 Å². The number of hydrogen-bond acceptors (Lipinski definition) is 4. The number of hydrogen-bond donors (Lipinski definition) is 1. The molecule has 0 saturated heterocycles. The maximum Gasteiger partial charge on any atom is 0.264 e. The van der Waals surface area contributed by atoms with Crippen LogP contribution in [0.4, 0.5) is 10.1 Å². The average Bonchev–Trinajstić information content (AvgIpc) is 2.98. The van der Waals surface area contributed by atoms with E-state index in [1.807, 2.05) is 6.92 Å². The number of anilines is 1. The Bertz CT molecular complexity index is 1430. The summed E-state index contributed by atoms with van der Waals surface area (Å²) in [6, 6.07) is 18.9. The monoisotopic (exact) mass is 599 g/mol. The van der Waals surface area contributed by atoms with Gasteiger partial charge in [0.1, 0.15) is 18.4 Å². The third kappa shape index (κ3) is 7.65. The molecule has 4 rings (SSSR count). The molecule has 0 spiro atoms. The first-order valence-corrected chi connectivity index (χ1v) is 15.7. The summed E-state index contributed by atoms with van der Waals surface area (Å²) in [4.78, 5) is 29.1. The van der Waals surface area contributed by atoms with Crippen molar-refractivity contribution in [3.8, 4) is 0 Å². The second-order valence-corrected chi connectivity index (χ2v) is 12.5. The molecular formula is C31H35ClFN3O4S. The van der Waals surface area contributed by atoms with Gasteiger partial charge in [-0.3, -0.25) is 13.9 Å². The Balaban J connectivity index is 1.70. The van der Waals surface area contributed by atoms with Crippen molar-refractivity contribution in [1.29, 1.82) is 0 Å². The van der Waals surface area contributed by atoms with E-state index < -0.39 is 34.3 Å². The smallest absolute Gasteiger partial charge is 0.264 e.